The first kappa shape index (κ1) is 15.4. The first-order chi connectivity index (χ1) is 9.70. The number of ether oxygens (including phenoxy) is 2. The van der Waals surface area contributed by atoms with Crippen molar-refractivity contribution in [2.75, 3.05) is 6.61 Å². The number of fused-ring (bicyclic) bond motifs is 1. The number of unbranched alkanes of at least 4 members (excludes halogenated alkanes) is 2. The van der Waals surface area contributed by atoms with Crippen molar-refractivity contribution < 1.29 is 14.3 Å². The molecule has 1 aliphatic rings. The number of hydrogen-bond donors (Lipinski definition) is 0. The molecule has 1 aromatic rings. The van der Waals surface area contributed by atoms with Crippen LogP contribution in [0.15, 0.2) is 24.3 Å². The third-order valence-electron chi connectivity index (χ3n) is 3.25. The van der Waals surface area contributed by atoms with Crippen LogP contribution in [-0.2, 0) is 9.47 Å². The highest BCUT2D eigenvalue weighted by atomic mass is 127. The molecule has 0 saturated carbocycles. The van der Waals surface area contributed by atoms with E-state index in [0.717, 1.165) is 30.4 Å². The number of hydrogen-bond acceptors (Lipinski definition) is 3. The molecule has 1 unspecified atom stereocenters. The van der Waals surface area contributed by atoms with E-state index in [-0.39, 0.29) is 6.10 Å². The lowest BCUT2D eigenvalue weighted by atomic mass is 9.95. The number of rotatable bonds is 5. The summed E-state index contributed by atoms with van der Waals surface area (Å²) in [6.45, 7) is 2.56. The Morgan fingerprint density at radius 3 is 3.05 bits per heavy atom. The van der Waals surface area contributed by atoms with Gasteiger partial charge < -0.3 is 9.47 Å². The van der Waals surface area contributed by atoms with E-state index in [2.05, 4.69) is 41.7 Å². The van der Waals surface area contributed by atoms with Crippen LogP contribution in [0.4, 0.5) is 4.79 Å². The van der Waals surface area contributed by atoms with E-state index < -0.39 is 6.16 Å². The molecule has 1 aromatic carbocycles. The van der Waals surface area contributed by atoms with Gasteiger partial charge in [-0.05, 0) is 46.7 Å². The quantitative estimate of drug-likeness (QED) is 0.402. The molecular weight excluding hydrogens is 367 g/mol. The Morgan fingerprint density at radius 1 is 1.40 bits per heavy atom. The maximum Gasteiger partial charge on any atom is 0.508 e. The molecule has 3 nitrogen and oxygen atoms in total. The van der Waals surface area contributed by atoms with E-state index in [9.17, 15) is 4.79 Å². The fourth-order valence-corrected chi connectivity index (χ4v) is 2.71. The van der Waals surface area contributed by atoms with Crippen LogP contribution < -0.4 is 0 Å². The SMILES string of the molecule is CCCCCOC(=O)OC1CC=Cc2cc(I)ccc21. The second kappa shape index (κ2) is 7.67. The summed E-state index contributed by atoms with van der Waals surface area (Å²) in [7, 11) is 0. The fourth-order valence-electron chi connectivity index (χ4n) is 2.20. The molecule has 1 aliphatic carbocycles. The van der Waals surface area contributed by atoms with E-state index in [4.69, 9.17) is 9.47 Å². The molecule has 0 N–H and O–H groups in total. The zero-order valence-corrected chi connectivity index (χ0v) is 13.8. The standard InChI is InChI=1S/C16H19IO3/c1-2-3-4-10-19-16(18)20-15-7-5-6-12-11-13(17)8-9-14(12)15/h5-6,8-9,11,15H,2-4,7,10H2,1H3. The van der Waals surface area contributed by atoms with E-state index in [0.29, 0.717) is 13.0 Å². The Kier molecular flexibility index (Phi) is 5.88. The molecule has 0 aromatic heterocycles. The molecule has 1 atom stereocenters. The van der Waals surface area contributed by atoms with Crippen LogP contribution in [-0.4, -0.2) is 12.8 Å². The van der Waals surface area contributed by atoms with Gasteiger partial charge in [-0.25, -0.2) is 4.79 Å². The van der Waals surface area contributed by atoms with Gasteiger partial charge in [0.1, 0.15) is 6.10 Å². The Bertz CT molecular complexity index is 496. The third-order valence-corrected chi connectivity index (χ3v) is 3.92. The lowest BCUT2D eigenvalue weighted by molar-refractivity contribution is 0.0224. The second-order valence-corrected chi connectivity index (χ2v) is 6.07. The molecule has 108 valence electrons. The molecule has 0 heterocycles. The van der Waals surface area contributed by atoms with Crippen LogP contribution in [0.1, 0.15) is 49.8 Å². The summed E-state index contributed by atoms with van der Waals surface area (Å²) in [6, 6.07) is 6.14. The van der Waals surface area contributed by atoms with Gasteiger partial charge in [0.05, 0.1) is 6.61 Å². The summed E-state index contributed by atoms with van der Waals surface area (Å²) in [6.07, 6.45) is 7.09. The highest BCUT2D eigenvalue weighted by Gasteiger charge is 2.21. The second-order valence-electron chi connectivity index (χ2n) is 4.82. The average molecular weight is 386 g/mol. The largest absolute Gasteiger partial charge is 0.508 e. The molecule has 0 amide bonds. The third kappa shape index (κ3) is 4.23. The maximum atomic E-state index is 11.7. The van der Waals surface area contributed by atoms with Gasteiger partial charge in [0.15, 0.2) is 0 Å². The zero-order chi connectivity index (χ0) is 14.4. The van der Waals surface area contributed by atoms with Crippen molar-refractivity contribution in [3.05, 3.63) is 39.0 Å². The number of halogens is 1. The van der Waals surface area contributed by atoms with Crippen LogP contribution in [0.25, 0.3) is 6.08 Å². The van der Waals surface area contributed by atoms with Gasteiger partial charge in [0.25, 0.3) is 0 Å². The molecule has 0 fully saturated rings. The van der Waals surface area contributed by atoms with Crippen molar-refractivity contribution in [3.63, 3.8) is 0 Å². The Hall–Kier alpha value is -1.04. The van der Waals surface area contributed by atoms with Gasteiger partial charge in [-0.3, -0.25) is 0 Å². The molecule has 0 aliphatic heterocycles. The molecule has 0 bridgehead atoms. The summed E-state index contributed by atoms with van der Waals surface area (Å²) < 4.78 is 11.7. The molecule has 0 spiro atoms. The highest BCUT2D eigenvalue weighted by Crippen LogP contribution is 2.31. The number of benzene rings is 1. The Morgan fingerprint density at radius 2 is 2.25 bits per heavy atom. The minimum absolute atomic E-state index is 0.231. The van der Waals surface area contributed by atoms with Crippen molar-refractivity contribution in [1.82, 2.24) is 0 Å². The Balaban J connectivity index is 1.91. The fraction of sp³-hybridized carbons (Fsp3) is 0.438. The van der Waals surface area contributed by atoms with Gasteiger partial charge in [-0.1, -0.05) is 38.0 Å². The van der Waals surface area contributed by atoms with Crippen LogP contribution in [0.5, 0.6) is 0 Å². The average Bonchev–Trinajstić information content (AvgIpc) is 2.43. The number of carbonyl (C=O) groups is 1. The summed E-state index contributed by atoms with van der Waals surface area (Å²) >= 11 is 2.28. The molecule has 0 saturated heterocycles. The van der Waals surface area contributed by atoms with Gasteiger partial charge in [-0.2, -0.15) is 0 Å². The summed E-state index contributed by atoms with van der Waals surface area (Å²) in [5.74, 6) is 0. The van der Waals surface area contributed by atoms with E-state index in [1.165, 1.54) is 3.57 Å². The van der Waals surface area contributed by atoms with E-state index in [1.807, 2.05) is 18.2 Å². The van der Waals surface area contributed by atoms with Gasteiger partial charge >= 0.3 is 6.16 Å². The van der Waals surface area contributed by atoms with Crippen LogP contribution in [0.2, 0.25) is 0 Å². The lowest BCUT2D eigenvalue weighted by Crippen LogP contribution is -2.15. The number of carbonyl (C=O) groups excluding carboxylic acids is 1. The first-order valence-electron chi connectivity index (χ1n) is 7.00. The monoisotopic (exact) mass is 386 g/mol. The van der Waals surface area contributed by atoms with E-state index in [1.54, 1.807) is 0 Å². The van der Waals surface area contributed by atoms with Gasteiger partial charge in [0.2, 0.25) is 0 Å². The van der Waals surface area contributed by atoms with Crippen molar-refractivity contribution in [1.29, 1.82) is 0 Å². The summed E-state index contributed by atoms with van der Waals surface area (Å²) in [5.41, 5.74) is 2.17. The summed E-state index contributed by atoms with van der Waals surface area (Å²) in [5, 5.41) is 0. The predicted octanol–water partition coefficient (Wildman–Crippen LogP) is 5.09. The zero-order valence-electron chi connectivity index (χ0n) is 11.6. The van der Waals surface area contributed by atoms with Crippen LogP contribution in [0.3, 0.4) is 0 Å². The molecule has 2 rings (SSSR count). The van der Waals surface area contributed by atoms with Crippen molar-refractivity contribution in [3.8, 4) is 0 Å². The van der Waals surface area contributed by atoms with Crippen molar-refractivity contribution >= 4 is 34.8 Å². The van der Waals surface area contributed by atoms with Crippen molar-refractivity contribution in [2.24, 2.45) is 0 Å². The molecular formula is C16H19IO3. The Labute approximate surface area is 133 Å². The van der Waals surface area contributed by atoms with Gasteiger partial charge in [-0.15, -0.1) is 0 Å². The smallest absolute Gasteiger partial charge is 0.434 e. The highest BCUT2D eigenvalue weighted by molar-refractivity contribution is 14.1. The molecule has 4 heteroatoms. The summed E-state index contributed by atoms with van der Waals surface area (Å²) in [4.78, 5) is 11.7. The maximum absolute atomic E-state index is 11.7. The minimum atomic E-state index is -0.564. The van der Waals surface area contributed by atoms with E-state index >= 15 is 0 Å². The predicted molar refractivity (Wildman–Crippen MR) is 87.5 cm³/mol. The first-order valence-corrected chi connectivity index (χ1v) is 8.08. The molecule has 0 radical (unpaired) electrons. The molecule has 20 heavy (non-hydrogen) atoms. The van der Waals surface area contributed by atoms with Gasteiger partial charge in [0, 0.05) is 15.6 Å². The normalized spacial score (nSPS) is 16.6. The van der Waals surface area contributed by atoms with Crippen LogP contribution in [0, 0.1) is 3.57 Å². The van der Waals surface area contributed by atoms with Crippen molar-refractivity contribution in [2.45, 2.75) is 38.7 Å². The lowest BCUT2D eigenvalue weighted by Gasteiger charge is -2.21. The minimum Gasteiger partial charge on any atom is -0.434 e. The topological polar surface area (TPSA) is 35.5 Å². The van der Waals surface area contributed by atoms with Crippen LogP contribution >= 0.6 is 22.6 Å².